The van der Waals surface area contributed by atoms with Crippen molar-refractivity contribution in [2.75, 3.05) is 16.8 Å². The summed E-state index contributed by atoms with van der Waals surface area (Å²) >= 11 is 7.23. The van der Waals surface area contributed by atoms with E-state index in [4.69, 9.17) is 16.3 Å². The van der Waals surface area contributed by atoms with Gasteiger partial charge in [0.2, 0.25) is 5.91 Å². The van der Waals surface area contributed by atoms with Crippen molar-refractivity contribution in [1.82, 2.24) is 0 Å². The molecule has 1 atom stereocenters. The molecule has 0 radical (unpaired) electrons. The Hall–Kier alpha value is -3.73. The summed E-state index contributed by atoms with van der Waals surface area (Å²) in [6.07, 6.45) is 0.427. The average molecular weight is 518 g/mol. The van der Waals surface area contributed by atoms with Gasteiger partial charge >= 0.3 is 0 Å². The van der Waals surface area contributed by atoms with E-state index in [-0.39, 0.29) is 11.5 Å². The normalized spacial score (nSPS) is 16.4. The molecule has 3 aromatic carbocycles. The number of benzene rings is 3. The van der Waals surface area contributed by atoms with Crippen LogP contribution >= 0.6 is 23.4 Å². The smallest absolute Gasteiger partial charge is 0.269 e. The third-order valence-electron chi connectivity index (χ3n) is 5.56. The summed E-state index contributed by atoms with van der Waals surface area (Å²) in [4.78, 5) is 28.2. The topological polar surface area (TPSA) is 82.4 Å². The average Bonchev–Trinajstić information content (AvgIpc) is 3.18. The van der Waals surface area contributed by atoms with Gasteiger partial charge in [-0.3, -0.25) is 14.5 Å². The summed E-state index contributed by atoms with van der Waals surface area (Å²) in [6.45, 7) is 4.36. The van der Waals surface area contributed by atoms with E-state index in [1.54, 1.807) is 48.5 Å². The number of aryl methyl sites for hydroxylation is 1. The van der Waals surface area contributed by atoms with E-state index in [1.165, 1.54) is 16.7 Å². The lowest BCUT2D eigenvalue weighted by atomic mass is 10.1. The number of hydrogen-bond donors (Lipinski definition) is 1. The number of amides is 2. The Kier molecular flexibility index (Phi) is 7.99. The van der Waals surface area contributed by atoms with Crippen molar-refractivity contribution in [1.29, 1.82) is 5.26 Å². The number of nitrogens with one attached hydrogen (secondary N) is 1. The Morgan fingerprint density at radius 2 is 1.75 bits per heavy atom. The number of anilines is 2. The first kappa shape index (κ1) is 25.4. The van der Waals surface area contributed by atoms with Gasteiger partial charge in [-0.1, -0.05) is 53.2 Å². The van der Waals surface area contributed by atoms with Crippen molar-refractivity contribution in [3.8, 4) is 11.8 Å². The highest BCUT2D eigenvalue weighted by Crippen LogP contribution is 2.42. The van der Waals surface area contributed by atoms with Crippen molar-refractivity contribution in [2.24, 2.45) is 0 Å². The number of nitriles is 1. The van der Waals surface area contributed by atoms with Gasteiger partial charge in [-0.2, -0.15) is 5.26 Å². The molecule has 1 heterocycles. The highest BCUT2D eigenvalue weighted by atomic mass is 35.5. The molecule has 1 saturated heterocycles. The van der Waals surface area contributed by atoms with Crippen LogP contribution in [-0.4, -0.2) is 23.7 Å². The number of rotatable bonds is 7. The monoisotopic (exact) mass is 517 g/mol. The van der Waals surface area contributed by atoms with E-state index in [9.17, 15) is 14.9 Å². The molecule has 4 rings (SSSR count). The number of halogens is 1. The van der Waals surface area contributed by atoms with Crippen molar-refractivity contribution in [3.05, 3.63) is 99.5 Å². The predicted octanol–water partition coefficient (Wildman–Crippen LogP) is 6.11. The molecule has 8 heteroatoms. The first-order valence-electron chi connectivity index (χ1n) is 11.4. The van der Waals surface area contributed by atoms with Crippen LogP contribution in [0.25, 0.3) is 0 Å². The molecular formula is C28H24ClN3O3S. The van der Waals surface area contributed by atoms with Crippen LogP contribution in [0, 0.1) is 18.3 Å². The van der Waals surface area contributed by atoms with Crippen molar-refractivity contribution in [2.45, 2.75) is 25.5 Å². The summed E-state index contributed by atoms with van der Waals surface area (Å²) in [7, 11) is 0. The number of nitrogens with zero attached hydrogens (tertiary/aromatic N) is 2. The molecule has 0 spiro atoms. The van der Waals surface area contributed by atoms with Crippen LogP contribution in [-0.2, 0) is 16.0 Å². The van der Waals surface area contributed by atoms with Crippen LogP contribution in [0.2, 0.25) is 5.02 Å². The first-order valence-corrected chi connectivity index (χ1v) is 12.7. The number of carbonyl (C=O) groups excluding carboxylic acids is 2. The minimum absolute atomic E-state index is 0.124. The molecule has 3 aromatic rings. The summed E-state index contributed by atoms with van der Waals surface area (Å²) in [5, 5.41) is 13.2. The molecule has 1 unspecified atom stereocenters. The Morgan fingerprint density at radius 3 is 2.36 bits per heavy atom. The van der Waals surface area contributed by atoms with Gasteiger partial charge in [0.1, 0.15) is 22.4 Å². The summed E-state index contributed by atoms with van der Waals surface area (Å²) in [5.41, 5.74) is 2.98. The van der Waals surface area contributed by atoms with Crippen LogP contribution in [0.3, 0.4) is 0 Å². The van der Waals surface area contributed by atoms with E-state index in [2.05, 4.69) is 5.32 Å². The molecule has 0 bridgehead atoms. The van der Waals surface area contributed by atoms with Gasteiger partial charge in [-0.25, -0.2) is 0 Å². The third-order valence-corrected chi connectivity index (χ3v) is 7.07. The lowest BCUT2D eigenvalue weighted by Crippen LogP contribution is -2.30. The highest BCUT2D eigenvalue weighted by Gasteiger charge is 2.40. The van der Waals surface area contributed by atoms with Crippen LogP contribution in [0.1, 0.15) is 18.1 Å². The molecule has 1 aliphatic heterocycles. The fourth-order valence-electron chi connectivity index (χ4n) is 3.75. The van der Waals surface area contributed by atoms with Crippen molar-refractivity contribution in [3.63, 3.8) is 0 Å². The molecule has 0 saturated carbocycles. The summed E-state index contributed by atoms with van der Waals surface area (Å²) in [5.74, 6) is -0.105. The Labute approximate surface area is 219 Å². The molecule has 1 fully saturated rings. The SMILES string of the molecule is CCOc1ccc(N2C(=O)C(Cc3ccc(Cl)cc3)S/C2=C(/C#N)C(=O)Nc2ccc(C)cc2)cc1. The molecule has 182 valence electrons. The quantitative estimate of drug-likeness (QED) is 0.302. The second kappa shape index (κ2) is 11.3. The maximum atomic E-state index is 13.6. The molecular weight excluding hydrogens is 494 g/mol. The van der Waals surface area contributed by atoms with Gasteiger partial charge in [0, 0.05) is 16.4 Å². The van der Waals surface area contributed by atoms with Crippen LogP contribution in [0.5, 0.6) is 5.75 Å². The van der Waals surface area contributed by atoms with E-state index in [1.807, 2.05) is 44.2 Å². The van der Waals surface area contributed by atoms with Gasteiger partial charge in [-0.05, 0) is 74.4 Å². The van der Waals surface area contributed by atoms with E-state index < -0.39 is 11.2 Å². The molecule has 0 aliphatic carbocycles. The Balaban J connectivity index is 1.70. The Bertz CT molecular complexity index is 1330. The second-order valence-corrected chi connectivity index (χ2v) is 9.78. The van der Waals surface area contributed by atoms with Crippen LogP contribution in [0.4, 0.5) is 11.4 Å². The van der Waals surface area contributed by atoms with Crippen LogP contribution < -0.4 is 15.0 Å². The number of carbonyl (C=O) groups is 2. The number of ether oxygens (including phenoxy) is 1. The minimum atomic E-state index is -0.570. The zero-order valence-corrected chi connectivity index (χ0v) is 21.4. The number of hydrogen-bond acceptors (Lipinski definition) is 5. The van der Waals surface area contributed by atoms with Gasteiger partial charge in [0.25, 0.3) is 5.91 Å². The summed E-state index contributed by atoms with van der Waals surface area (Å²) in [6, 6.07) is 23.6. The molecule has 2 amide bonds. The van der Waals surface area contributed by atoms with Gasteiger partial charge in [0.15, 0.2) is 0 Å². The van der Waals surface area contributed by atoms with Crippen molar-refractivity contribution >= 4 is 46.6 Å². The molecule has 36 heavy (non-hydrogen) atoms. The lowest BCUT2D eigenvalue weighted by Gasteiger charge is -2.19. The standard InChI is InChI=1S/C28H24ClN3O3S/c1-3-35-23-14-12-22(13-15-23)32-27(34)25(16-19-6-8-20(29)9-7-19)36-28(32)24(17-30)26(33)31-21-10-4-18(2)5-11-21/h4-15,25H,3,16H2,1-2H3,(H,31,33)/b28-24-. The van der Waals surface area contributed by atoms with Crippen LogP contribution in [0.15, 0.2) is 83.4 Å². The van der Waals surface area contributed by atoms with E-state index in [0.29, 0.717) is 40.2 Å². The van der Waals surface area contributed by atoms with Gasteiger partial charge in [-0.15, -0.1) is 0 Å². The van der Waals surface area contributed by atoms with E-state index >= 15 is 0 Å². The molecule has 1 N–H and O–H groups in total. The largest absolute Gasteiger partial charge is 0.494 e. The zero-order valence-electron chi connectivity index (χ0n) is 19.8. The van der Waals surface area contributed by atoms with Crippen molar-refractivity contribution < 1.29 is 14.3 Å². The van der Waals surface area contributed by atoms with E-state index in [0.717, 1.165) is 11.1 Å². The maximum absolute atomic E-state index is 13.6. The molecule has 0 aromatic heterocycles. The number of thioether (sulfide) groups is 1. The fourth-order valence-corrected chi connectivity index (χ4v) is 5.18. The van der Waals surface area contributed by atoms with Gasteiger partial charge in [0.05, 0.1) is 11.9 Å². The van der Waals surface area contributed by atoms with Gasteiger partial charge < -0.3 is 10.1 Å². The third kappa shape index (κ3) is 5.73. The second-order valence-electron chi connectivity index (χ2n) is 8.15. The Morgan fingerprint density at radius 1 is 1.08 bits per heavy atom. The molecule has 6 nitrogen and oxygen atoms in total. The maximum Gasteiger partial charge on any atom is 0.269 e. The first-order chi connectivity index (χ1) is 17.4. The fraction of sp³-hybridized carbons (Fsp3) is 0.179. The predicted molar refractivity (Wildman–Crippen MR) is 144 cm³/mol. The minimum Gasteiger partial charge on any atom is -0.494 e. The zero-order chi connectivity index (χ0) is 25.7. The highest BCUT2D eigenvalue weighted by molar-refractivity contribution is 8.05. The summed E-state index contributed by atoms with van der Waals surface area (Å²) < 4.78 is 5.52. The molecule has 1 aliphatic rings. The lowest BCUT2D eigenvalue weighted by molar-refractivity contribution is -0.117.